The SMILES string of the molecule is CCCCCCc1ccc(-c2ccc3c(F)c(C#Cc4ccc(OC(F)F)c(F)c4)ccc3c2)cc1. The van der Waals surface area contributed by atoms with E-state index in [9.17, 15) is 13.2 Å². The van der Waals surface area contributed by atoms with Crippen molar-refractivity contribution < 1.29 is 22.3 Å². The van der Waals surface area contributed by atoms with Crippen LogP contribution in [0.15, 0.2) is 72.8 Å². The van der Waals surface area contributed by atoms with E-state index in [1.807, 2.05) is 12.1 Å². The third-order valence-electron chi connectivity index (χ3n) is 6.05. The Morgan fingerprint density at radius 3 is 2.28 bits per heavy atom. The lowest BCUT2D eigenvalue weighted by Gasteiger charge is -2.08. The first-order chi connectivity index (χ1) is 17.4. The average molecular weight is 491 g/mol. The van der Waals surface area contributed by atoms with Gasteiger partial charge in [-0.05, 0) is 65.3 Å². The van der Waals surface area contributed by atoms with Crippen molar-refractivity contribution in [2.45, 2.75) is 45.6 Å². The molecule has 0 fully saturated rings. The average Bonchev–Trinajstić information content (AvgIpc) is 2.88. The fourth-order valence-corrected chi connectivity index (χ4v) is 4.10. The number of ether oxygens (including phenoxy) is 1. The van der Waals surface area contributed by atoms with Crippen LogP contribution in [0.5, 0.6) is 5.75 Å². The summed E-state index contributed by atoms with van der Waals surface area (Å²) < 4.78 is 57.7. The van der Waals surface area contributed by atoms with Gasteiger partial charge in [0.25, 0.3) is 0 Å². The van der Waals surface area contributed by atoms with Gasteiger partial charge in [0.15, 0.2) is 11.6 Å². The fraction of sp³-hybridized carbons (Fsp3) is 0.226. The quantitative estimate of drug-likeness (QED) is 0.136. The number of benzene rings is 4. The summed E-state index contributed by atoms with van der Waals surface area (Å²) >= 11 is 0. The summed E-state index contributed by atoms with van der Waals surface area (Å²) in [6.45, 7) is -0.914. The van der Waals surface area contributed by atoms with Crippen LogP contribution in [-0.2, 0) is 6.42 Å². The van der Waals surface area contributed by atoms with Crippen molar-refractivity contribution in [3.05, 3.63) is 101 Å². The van der Waals surface area contributed by atoms with Crippen molar-refractivity contribution in [2.24, 2.45) is 0 Å². The molecule has 0 saturated heterocycles. The molecule has 0 unspecified atom stereocenters. The molecule has 0 spiro atoms. The van der Waals surface area contributed by atoms with Crippen LogP contribution in [0.3, 0.4) is 0 Å². The van der Waals surface area contributed by atoms with Crippen LogP contribution in [0, 0.1) is 23.5 Å². The standard InChI is InChI=1S/C31H26F4O/c1-2-3-4-5-6-21-7-11-23(12-8-21)25-16-17-27-26(20-25)15-14-24(30(27)33)13-9-22-10-18-29(28(32)19-22)36-31(34)35/h7-8,10-12,14-20,31H,2-6H2,1H3. The number of rotatable bonds is 8. The van der Waals surface area contributed by atoms with Gasteiger partial charge in [0.05, 0.1) is 5.56 Å². The smallest absolute Gasteiger partial charge is 0.387 e. The maximum Gasteiger partial charge on any atom is 0.387 e. The second-order valence-electron chi connectivity index (χ2n) is 8.64. The van der Waals surface area contributed by atoms with Gasteiger partial charge in [0, 0.05) is 10.9 Å². The summed E-state index contributed by atoms with van der Waals surface area (Å²) in [5.74, 6) is 3.39. The van der Waals surface area contributed by atoms with E-state index < -0.39 is 24.0 Å². The Morgan fingerprint density at radius 2 is 1.56 bits per heavy atom. The summed E-state index contributed by atoms with van der Waals surface area (Å²) in [5, 5.41) is 1.18. The van der Waals surface area contributed by atoms with Gasteiger partial charge in [-0.3, -0.25) is 0 Å². The summed E-state index contributed by atoms with van der Waals surface area (Å²) in [7, 11) is 0. The highest BCUT2D eigenvalue weighted by Crippen LogP contribution is 2.28. The molecule has 184 valence electrons. The van der Waals surface area contributed by atoms with Crippen LogP contribution in [-0.4, -0.2) is 6.61 Å². The van der Waals surface area contributed by atoms with E-state index in [0.717, 1.165) is 35.1 Å². The van der Waals surface area contributed by atoms with Crippen LogP contribution < -0.4 is 4.74 Å². The van der Waals surface area contributed by atoms with Gasteiger partial charge in [-0.2, -0.15) is 8.78 Å². The predicted octanol–water partition coefficient (Wildman–Crippen LogP) is 8.91. The van der Waals surface area contributed by atoms with Crippen LogP contribution in [0.2, 0.25) is 0 Å². The molecular formula is C31H26F4O. The molecule has 0 N–H and O–H groups in total. The van der Waals surface area contributed by atoms with Crippen LogP contribution in [0.1, 0.15) is 49.3 Å². The molecule has 4 aromatic carbocycles. The zero-order valence-electron chi connectivity index (χ0n) is 20.0. The van der Waals surface area contributed by atoms with E-state index in [4.69, 9.17) is 0 Å². The normalized spacial score (nSPS) is 10.9. The molecule has 0 aromatic heterocycles. The molecule has 0 aliphatic rings. The van der Waals surface area contributed by atoms with Crippen molar-refractivity contribution in [1.29, 1.82) is 0 Å². The second kappa shape index (κ2) is 11.8. The van der Waals surface area contributed by atoms with Gasteiger partial charge in [0.2, 0.25) is 0 Å². The third-order valence-corrected chi connectivity index (χ3v) is 6.05. The summed E-state index contributed by atoms with van der Waals surface area (Å²) in [4.78, 5) is 0. The Bertz CT molecular complexity index is 1400. The number of halogens is 4. The van der Waals surface area contributed by atoms with Crippen molar-refractivity contribution in [3.63, 3.8) is 0 Å². The Labute approximate surface area is 208 Å². The van der Waals surface area contributed by atoms with E-state index in [1.165, 1.54) is 37.3 Å². The minimum atomic E-state index is -3.12. The molecule has 4 aromatic rings. The van der Waals surface area contributed by atoms with Gasteiger partial charge in [-0.25, -0.2) is 8.78 Å². The maximum absolute atomic E-state index is 15.1. The zero-order chi connectivity index (χ0) is 25.5. The van der Waals surface area contributed by atoms with Gasteiger partial charge >= 0.3 is 6.61 Å². The number of aryl methyl sites for hydroxylation is 1. The molecule has 0 heterocycles. The molecule has 0 saturated carbocycles. The monoisotopic (exact) mass is 490 g/mol. The third kappa shape index (κ3) is 6.26. The maximum atomic E-state index is 15.1. The minimum Gasteiger partial charge on any atom is -0.432 e. The first-order valence-electron chi connectivity index (χ1n) is 12.0. The first-order valence-corrected chi connectivity index (χ1v) is 12.0. The van der Waals surface area contributed by atoms with Crippen LogP contribution in [0.4, 0.5) is 17.6 Å². The van der Waals surface area contributed by atoms with Gasteiger partial charge in [0.1, 0.15) is 5.82 Å². The van der Waals surface area contributed by atoms with Crippen molar-refractivity contribution in [3.8, 4) is 28.7 Å². The molecule has 0 bridgehead atoms. The second-order valence-corrected chi connectivity index (χ2v) is 8.64. The van der Waals surface area contributed by atoms with Crippen molar-refractivity contribution in [1.82, 2.24) is 0 Å². The Morgan fingerprint density at radius 1 is 0.778 bits per heavy atom. The number of alkyl halides is 2. The highest BCUT2D eigenvalue weighted by molar-refractivity contribution is 5.89. The van der Waals surface area contributed by atoms with Gasteiger partial charge in [-0.1, -0.05) is 80.5 Å². The summed E-state index contributed by atoms with van der Waals surface area (Å²) in [6.07, 6.45) is 6.02. The lowest BCUT2D eigenvalue weighted by molar-refractivity contribution is -0.0521. The zero-order valence-corrected chi connectivity index (χ0v) is 20.0. The number of fused-ring (bicyclic) bond motifs is 1. The number of hydrogen-bond acceptors (Lipinski definition) is 1. The fourth-order valence-electron chi connectivity index (χ4n) is 4.10. The molecule has 0 amide bonds. The Hall–Kier alpha value is -3.78. The lowest BCUT2D eigenvalue weighted by atomic mass is 9.98. The van der Waals surface area contributed by atoms with Crippen LogP contribution >= 0.6 is 0 Å². The molecule has 0 radical (unpaired) electrons. The lowest BCUT2D eigenvalue weighted by Crippen LogP contribution is -2.03. The molecule has 1 nitrogen and oxygen atoms in total. The molecular weight excluding hydrogens is 464 g/mol. The first kappa shape index (κ1) is 25.3. The molecule has 0 aliphatic carbocycles. The van der Waals surface area contributed by atoms with Crippen molar-refractivity contribution >= 4 is 10.8 Å². The highest BCUT2D eigenvalue weighted by atomic mass is 19.3. The van der Waals surface area contributed by atoms with Gasteiger partial charge in [-0.15, -0.1) is 0 Å². The molecule has 36 heavy (non-hydrogen) atoms. The Balaban J connectivity index is 1.52. The van der Waals surface area contributed by atoms with E-state index >= 15 is 4.39 Å². The minimum absolute atomic E-state index is 0.163. The molecule has 0 atom stereocenters. The highest BCUT2D eigenvalue weighted by Gasteiger charge is 2.10. The van der Waals surface area contributed by atoms with E-state index in [1.54, 1.807) is 18.2 Å². The molecule has 5 heteroatoms. The van der Waals surface area contributed by atoms with E-state index in [0.29, 0.717) is 5.39 Å². The van der Waals surface area contributed by atoms with Crippen molar-refractivity contribution in [2.75, 3.05) is 0 Å². The molecule has 4 rings (SSSR count). The summed E-state index contributed by atoms with van der Waals surface area (Å²) in [6, 6.07) is 20.8. The predicted molar refractivity (Wildman–Crippen MR) is 136 cm³/mol. The topological polar surface area (TPSA) is 9.23 Å². The number of unbranched alkanes of at least 4 members (excludes halogenated alkanes) is 3. The summed E-state index contributed by atoms with van der Waals surface area (Å²) in [5.41, 5.74) is 3.77. The van der Waals surface area contributed by atoms with Gasteiger partial charge < -0.3 is 4.74 Å². The Kier molecular flexibility index (Phi) is 8.28. The van der Waals surface area contributed by atoms with E-state index in [-0.39, 0.29) is 11.1 Å². The van der Waals surface area contributed by atoms with E-state index in [2.05, 4.69) is 47.8 Å². The largest absolute Gasteiger partial charge is 0.432 e. The molecule has 0 aliphatic heterocycles. The van der Waals surface area contributed by atoms with Crippen LogP contribution in [0.25, 0.3) is 21.9 Å². The number of hydrogen-bond donors (Lipinski definition) is 0.